The number of carbonyl (C=O) groups excluding carboxylic acids is 3. The van der Waals surface area contributed by atoms with Gasteiger partial charge in [-0.3, -0.25) is 14.9 Å². The second kappa shape index (κ2) is 11.4. The summed E-state index contributed by atoms with van der Waals surface area (Å²) in [5, 5.41) is 13.0. The number of imidazole rings is 1. The molecule has 5 rings (SSSR count). The van der Waals surface area contributed by atoms with Crippen LogP contribution in [0.25, 0.3) is 22.5 Å². The molecule has 1 aliphatic heterocycles. The summed E-state index contributed by atoms with van der Waals surface area (Å²) in [6, 6.07) is 13.3. The molecule has 1 atom stereocenters. The molecular weight excluding hydrogens is 524 g/mol. The van der Waals surface area contributed by atoms with Gasteiger partial charge in [-0.2, -0.15) is 0 Å². The summed E-state index contributed by atoms with van der Waals surface area (Å²) < 4.78 is 9.97. The van der Waals surface area contributed by atoms with E-state index in [1.165, 1.54) is 7.11 Å². The van der Waals surface area contributed by atoms with E-state index in [1.807, 2.05) is 6.07 Å². The lowest BCUT2D eigenvalue weighted by atomic mass is 10.1. The van der Waals surface area contributed by atoms with Crippen LogP contribution in [0.4, 0.5) is 16.2 Å². The number of methoxy groups -OCH3 is 1. The highest BCUT2D eigenvalue weighted by Gasteiger charge is 2.23. The van der Waals surface area contributed by atoms with Crippen molar-refractivity contribution in [1.82, 2.24) is 20.4 Å². The summed E-state index contributed by atoms with van der Waals surface area (Å²) in [5.74, 6) is 0.00540. The molecule has 0 saturated carbocycles. The van der Waals surface area contributed by atoms with Gasteiger partial charge in [-0.25, -0.2) is 9.78 Å². The van der Waals surface area contributed by atoms with E-state index in [0.717, 1.165) is 5.56 Å². The summed E-state index contributed by atoms with van der Waals surface area (Å²) in [6.45, 7) is 0. The van der Waals surface area contributed by atoms with Crippen LogP contribution in [-0.4, -0.2) is 40.1 Å². The van der Waals surface area contributed by atoms with Gasteiger partial charge in [-0.1, -0.05) is 35.3 Å². The van der Waals surface area contributed by atoms with Crippen LogP contribution in [0.15, 0.2) is 59.3 Å². The number of benzene rings is 2. The van der Waals surface area contributed by atoms with Crippen LogP contribution in [0.1, 0.15) is 48.1 Å². The van der Waals surface area contributed by atoms with E-state index < -0.39 is 18.0 Å². The van der Waals surface area contributed by atoms with Crippen molar-refractivity contribution in [2.75, 3.05) is 17.7 Å². The lowest BCUT2D eigenvalue weighted by Crippen LogP contribution is -2.29. The first-order valence-corrected chi connectivity index (χ1v) is 12.6. The van der Waals surface area contributed by atoms with E-state index in [-0.39, 0.29) is 11.7 Å². The fraction of sp³-hybridized carbons (Fsp3) is 0.222. The van der Waals surface area contributed by atoms with Gasteiger partial charge < -0.3 is 24.9 Å². The monoisotopic (exact) mass is 548 g/mol. The number of halogens is 1. The molecular formula is C27H25ClN6O5. The van der Waals surface area contributed by atoms with Gasteiger partial charge in [-0.15, -0.1) is 0 Å². The first-order chi connectivity index (χ1) is 18.9. The maximum absolute atomic E-state index is 13.1. The SMILES string of the molecule is COC(=O)Nc1ccc2c(c1)NC(=O)CCCCC(NC(=O)c1cc(-c3cccc(Cl)c3)no1)c1ncc-2[nH]1. The molecule has 0 saturated heterocycles. The number of fused-ring (bicyclic) bond motifs is 4. The zero-order valence-corrected chi connectivity index (χ0v) is 21.7. The number of ether oxygens (including phenoxy) is 1. The minimum atomic E-state index is -0.622. The summed E-state index contributed by atoms with van der Waals surface area (Å²) in [5.41, 5.74) is 3.49. The number of anilines is 2. The number of amides is 3. The van der Waals surface area contributed by atoms with Crippen molar-refractivity contribution >= 4 is 40.9 Å². The molecule has 1 aliphatic rings. The number of aromatic nitrogens is 3. The normalized spacial score (nSPS) is 15.2. The molecule has 11 nitrogen and oxygen atoms in total. The Labute approximate surface area is 228 Å². The first kappa shape index (κ1) is 26.0. The predicted octanol–water partition coefficient (Wildman–Crippen LogP) is 5.55. The molecule has 4 aromatic rings. The Balaban J connectivity index is 1.40. The van der Waals surface area contributed by atoms with Gasteiger partial charge in [0.2, 0.25) is 11.7 Å². The summed E-state index contributed by atoms with van der Waals surface area (Å²) in [6.07, 6.45) is 3.12. The van der Waals surface area contributed by atoms with Crippen LogP contribution in [0, 0.1) is 0 Å². The lowest BCUT2D eigenvalue weighted by molar-refractivity contribution is -0.116. The van der Waals surface area contributed by atoms with Gasteiger partial charge in [0.15, 0.2) is 0 Å². The van der Waals surface area contributed by atoms with Crippen molar-refractivity contribution in [3.63, 3.8) is 0 Å². The average Bonchev–Trinajstić information content (AvgIpc) is 3.61. The second-order valence-corrected chi connectivity index (χ2v) is 9.40. The molecule has 39 heavy (non-hydrogen) atoms. The Morgan fingerprint density at radius 1 is 1.15 bits per heavy atom. The Kier molecular flexibility index (Phi) is 7.60. The van der Waals surface area contributed by atoms with E-state index in [1.54, 1.807) is 48.7 Å². The maximum Gasteiger partial charge on any atom is 0.411 e. The van der Waals surface area contributed by atoms with Crippen LogP contribution < -0.4 is 16.0 Å². The lowest BCUT2D eigenvalue weighted by Gasteiger charge is -2.17. The average molecular weight is 549 g/mol. The number of hydrogen-bond acceptors (Lipinski definition) is 7. The Hall–Kier alpha value is -4.64. The van der Waals surface area contributed by atoms with Crippen molar-refractivity contribution in [3.8, 4) is 22.5 Å². The van der Waals surface area contributed by atoms with E-state index >= 15 is 0 Å². The van der Waals surface area contributed by atoms with Crippen LogP contribution in [0.5, 0.6) is 0 Å². The second-order valence-electron chi connectivity index (χ2n) is 8.97. The molecule has 4 N–H and O–H groups in total. The molecule has 2 aromatic heterocycles. The van der Waals surface area contributed by atoms with E-state index in [0.29, 0.717) is 64.9 Å². The van der Waals surface area contributed by atoms with Crippen molar-refractivity contribution < 1.29 is 23.6 Å². The van der Waals surface area contributed by atoms with Gasteiger partial charge in [0, 0.05) is 34.3 Å². The van der Waals surface area contributed by atoms with Gasteiger partial charge in [0.05, 0.1) is 30.7 Å². The number of nitrogens with zero attached hydrogens (tertiary/aromatic N) is 2. The van der Waals surface area contributed by atoms with Gasteiger partial charge in [0.1, 0.15) is 11.5 Å². The van der Waals surface area contributed by atoms with Crippen molar-refractivity contribution in [2.45, 2.75) is 31.7 Å². The standard InChI is InChI=1S/C27H25ClN6O5/c1-38-27(37)30-17-9-10-18-21(12-17)31-24(35)8-3-2-7-19(25-29-14-22(18)32-25)33-26(36)23-13-20(34-39-23)15-5-4-6-16(28)11-15/h4-6,9-14,19H,2-3,7-8H2,1H3,(H,29,32)(H,30,37)(H,31,35)(H,33,36). The number of carbonyl (C=O) groups is 3. The first-order valence-electron chi connectivity index (χ1n) is 12.3. The van der Waals surface area contributed by atoms with Gasteiger partial charge in [-0.05, 0) is 43.2 Å². The molecule has 2 aromatic carbocycles. The number of hydrogen-bond donors (Lipinski definition) is 4. The summed E-state index contributed by atoms with van der Waals surface area (Å²) in [7, 11) is 1.27. The molecule has 0 fully saturated rings. The quantitative estimate of drug-likeness (QED) is 0.261. The topological polar surface area (TPSA) is 151 Å². The number of H-pyrrole nitrogens is 1. The fourth-order valence-corrected chi connectivity index (χ4v) is 4.49. The fourth-order valence-electron chi connectivity index (χ4n) is 4.30. The molecule has 1 unspecified atom stereocenters. The minimum Gasteiger partial charge on any atom is -0.453 e. The molecule has 0 spiro atoms. The third kappa shape index (κ3) is 6.10. The number of rotatable bonds is 4. The molecule has 3 heterocycles. The van der Waals surface area contributed by atoms with Crippen molar-refractivity contribution in [2.24, 2.45) is 0 Å². The smallest absolute Gasteiger partial charge is 0.411 e. The van der Waals surface area contributed by atoms with Crippen LogP contribution in [-0.2, 0) is 9.53 Å². The van der Waals surface area contributed by atoms with Crippen molar-refractivity contribution in [3.05, 3.63) is 71.3 Å². The van der Waals surface area contributed by atoms with Gasteiger partial charge >= 0.3 is 6.09 Å². The summed E-state index contributed by atoms with van der Waals surface area (Å²) >= 11 is 6.07. The third-order valence-electron chi connectivity index (χ3n) is 6.25. The molecule has 3 amide bonds. The zero-order valence-electron chi connectivity index (χ0n) is 20.9. The third-order valence-corrected chi connectivity index (χ3v) is 6.48. The van der Waals surface area contributed by atoms with Crippen molar-refractivity contribution in [1.29, 1.82) is 0 Å². The highest BCUT2D eigenvalue weighted by Crippen LogP contribution is 2.32. The highest BCUT2D eigenvalue weighted by molar-refractivity contribution is 6.30. The Morgan fingerprint density at radius 3 is 2.85 bits per heavy atom. The van der Waals surface area contributed by atoms with E-state index in [9.17, 15) is 14.4 Å². The highest BCUT2D eigenvalue weighted by atomic mass is 35.5. The Bertz CT molecular complexity index is 1530. The maximum atomic E-state index is 13.1. The minimum absolute atomic E-state index is 0.0539. The molecule has 2 bridgehead atoms. The number of aromatic amines is 1. The molecule has 200 valence electrons. The van der Waals surface area contributed by atoms with Crippen LogP contribution >= 0.6 is 11.6 Å². The molecule has 0 aliphatic carbocycles. The summed E-state index contributed by atoms with van der Waals surface area (Å²) in [4.78, 5) is 45.2. The largest absolute Gasteiger partial charge is 0.453 e. The Morgan fingerprint density at radius 2 is 2.03 bits per heavy atom. The van der Waals surface area contributed by atoms with Gasteiger partial charge in [0.25, 0.3) is 5.91 Å². The van der Waals surface area contributed by atoms with Crippen LogP contribution in [0.3, 0.4) is 0 Å². The predicted molar refractivity (Wildman–Crippen MR) is 144 cm³/mol. The van der Waals surface area contributed by atoms with E-state index in [2.05, 4.69) is 35.8 Å². The zero-order chi connectivity index (χ0) is 27.4. The number of nitrogens with one attached hydrogen (secondary N) is 4. The molecule has 12 heteroatoms. The molecule has 0 radical (unpaired) electrons. The van der Waals surface area contributed by atoms with Crippen LogP contribution in [0.2, 0.25) is 5.02 Å². The van der Waals surface area contributed by atoms with E-state index in [4.69, 9.17) is 16.1 Å².